The highest BCUT2D eigenvalue weighted by atomic mass is 19.1. The maximum absolute atomic E-state index is 9.50. The molecule has 0 bridgehead atoms. The molecule has 1 atom stereocenters. The van der Waals surface area contributed by atoms with Gasteiger partial charge in [0.15, 0.2) is 0 Å². The summed E-state index contributed by atoms with van der Waals surface area (Å²) in [6, 6.07) is 9.42. The van der Waals surface area contributed by atoms with Gasteiger partial charge >= 0.3 is 0 Å². The van der Waals surface area contributed by atoms with E-state index >= 15 is 0 Å². The Morgan fingerprint density at radius 2 is 1.75 bits per heavy atom. The second kappa shape index (κ2) is 14.5. The lowest BCUT2D eigenvalue weighted by Crippen LogP contribution is -2.23. The van der Waals surface area contributed by atoms with Crippen LogP contribution in [0.4, 0.5) is 4.39 Å². The van der Waals surface area contributed by atoms with Gasteiger partial charge in [-0.2, -0.15) is 0 Å². The van der Waals surface area contributed by atoms with Gasteiger partial charge in [-0.1, -0.05) is 52.0 Å². The molecule has 1 unspecified atom stereocenters. The van der Waals surface area contributed by atoms with Crippen molar-refractivity contribution in [2.24, 2.45) is 5.92 Å². The molecular formula is C17H32FNO. The molecule has 118 valence electrons. The van der Waals surface area contributed by atoms with Crippen molar-refractivity contribution in [3.05, 3.63) is 35.4 Å². The average molecular weight is 285 g/mol. The van der Waals surface area contributed by atoms with E-state index in [0.717, 1.165) is 19.6 Å². The lowest BCUT2D eigenvalue weighted by atomic mass is 10.1. The van der Waals surface area contributed by atoms with E-state index in [4.69, 9.17) is 5.11 Å². The first-order valence-corrected chi connectivity index (χ1v) is 7.41. The van der Waals surface area contributed by atoms with Crippen molar-refractivity contribution < 1.29 is 9.50 Å². The summed E-state index contributed by atoms with van der Waals surface area (Å²) in [4.78, 5) is 0. The standard InChI is InChI=1S/C13H19N.C2H6.CH3F.CH4O/c1-10(2)9-14-13-8-7-11-5-3-4-6-12(11)13;3*1-2/h3-6,10,13-14H,7-9H2,1-2H3;1-2H3;1H3;2H,1H3. The van der Waals surface area contributed by atoms with Gasteiger partial charge in [0.25, 0.3) is 0 Å². The molecule has 0 saturated carbocycles. The molecule has 20 heavy (non-hydrogen) atoms. The van der Waals surface area contributed by atoms with E-state index in [2.05, 4.69) is 43.4 Å². The van der Waals surface area contributed by atoms with E-state index in [1.54, 1.807) is 0 Å². The molecule has 0 heterocycles. The van der Waals surface area contributed by atoms with Crippen LogP contribution in [0.3, 0.4) is 0 Å². The summed E-state index contributed by atoms with van der Waals surface area (Å²) in [6.07, 6.45) is 2.51. The molecule has 3 heteroatoms. The number of benzene rings is 1. The maximum Gasteiger partial charge on any atom is 0.0785 e. The third-order valence-corrected chi connectivity index (χ3v) is 2.91. The summed E-state index contributed by atoms with van der Waals surface area (Å²) in [5, 5.41) is 10.6. The van der Waals surface area contributed by atoms with Crippen LogP contribution < -0.4 is 5.32 Å². The van der Waals surface area contributed by atoms with Gasteiger partial charge in [-0.15, -0.1) is 0 Å². The third kappa shape index (κ3) is 7.61. The Kier molecular flexibility index (Phi) is 15.5. The Morgan fingerprint density at radius 3 is 2.30 bits per heavy atom. The predicted octanol–water partition coefficient (Wildman–Crippen LogP) is 4.14. The number of aliphatic hydroxyl groups excluding tert-OH is 1. The summed E-state index contributed by atoms with van der Waals surface area (Å²) in [6.45, 7) is 9.64. The quantitative estimate of drug-likeness (QED) is 0.875. The van der Waals surface area contributed by atoms with Crippen molar-refractivity contribution in [3.8, 4) is 0 Å². The number of hydrogen-bond acceptors (Lipinski definition) is 2. The lowest BCUT2D eigenvalue weighted by Gasteiger charge is -2.15. The Balaban J connectivity index is 0. The van der Waals surface area contributed by atoms with E-state index in [0.29, 0.717) is 13.2 Å². The van der Waals surface area contributed by atoms with Crippen molar-refractivity contribution in [3.63, 3.8) is 0 Å². The zero-order valence-electron chi connectivity index (χ0n) is 13.9. The number of aliphatic hydroxyl groups is 1. The highest BCUT2D eigenvalue weighted by Crippen LogP contribution is 2.30. The van der Waals surface area contributed by atoms with Gasteiger partial charge < -0.3 is 10.4 Å². The SMILES string of the molecule is CC.CC(C)CNC1CCc2ccccc21.CF.CO. The van der Waals surface area contributed by atoms with Gasteiger partial charge in [-0.05, 0) is 36.4 Å². The van der Waals surface area contributed by atoms with E-state index in [1.165, 1.54) is 24.0 Å². The van der Waals surface area contributed by atoms with Crippen LogP contribution in [0, 0.1) is 5.92 Å². The van der Waals surface area contributed by atoms with Gasteiger partial charge in [-0.25, -0.2) is 0 Å². The molecule has 0 fully saturated rings. The molecule has 1 aliphatic rings. The number of hydrogen-bond donors (Lipinski definition) is 2. The molecule has 1 aliphatic carbocycles. The minimum absolute atomic E-state index is 0.500. The number of alkyl halides is 1. The topological polar surface area (TPSA) is 32.3 Å². The predicted molar refractivity (Wildman–Crippen MR) is 86.9 cm³/mol. The van der Waals surface area contributed by atoms with Crippen molar-refractivity contribution in [2.75, 3.05) is 20.8 Å². The van der Waals surface area contributed by atoms with Crippen LogP contribution in [-0.4, -0.2) is 25.9 Å². The van der Waals surface area contributed by atoms with Crippen LogP contribution in [0.2, 0.25) is 0 Å². The van der Waals surface area contributed by atoms with E-state index < -0.39 is 0 Å². The second-order valence-corrected chi connectivity index (χ2v) is 4.59. The Morgan fingerprint density at radius 1 is 1.20 bits per heavy atom. The molecule has 2 nitrogen and oxygen atoms in total. The fourth-order valence-corrected chi connectivity index (χ4v) is 2.15. The largest absolute Gasteiger partial charge is 0.400 e. The highest BCUT2D eigenvalue weighted by molar-refractivity contribution is 5.34. The summed E-state index contributed by atoms with van der Waals surface area (Å²) in [5.74, 6) is 0.739. The van der Waals surface area contributed by atoms with Gasteiger partial charge in [-0.3, -0.25) is 4.39 Å². The van der Waals surface area contributed by atoms with E-state index in [9.17, 15) is 4.39 Å². The molecule has 2 rings (SSSR count). The van der Waals surface area contributed by atoms with Crippen molar-refractivity contribution in [1.82, 2.24) is 5.32 Å². The number of rotatable bonds is 3. The second-order valence-electron chi connectivity index (χ2n) is 4.59. The molecule has 1 aromatic rings. The summed E-state index contributed by atoms with van der Waals surface area (Å²) in [5.41, 5.74) is 3.06. The van der Waals surface area contributed by atoms with Crippen LogP contribution >= 0.6 is 0 Å². The van der Waals surface area contributed by atoms with Gasteiger partial charge in [0.1, 0.15) is 0 Å². The molecule has 0 spiro atoms. The average Bonchev–Trinajstić information content (AvgIpc) is 2.94. The monoisotopic (exact) mass is 285 g/mol. The number of fused-ring (bicyclic) bond motifs is 1. The summed E-state index contributed by atoms with van der Waals surface area (Å²) < 4.78 is 9.50. The van der Waals surface area contributed by atoms with Crippen LogP contribution in [0.25, 0.3) is 0 Å². The fraction of sp³-hybridized carbons (Fsp3) is 0.647. The minimum atomic E-state index is 0.500. The first-order chi connectivity index (χ1) is 9.77. The summed E-state index contributed by atoms with van der Waals surface area (Å²) in [7, 11) is 1.50. The van der Waals surface area contributed by atoms with Crippen molar-refractivity contribution in [1.29, 1.82) is 0 Å². The smallest absolute Gasteiger partial charge is 0.0785 e. The normalized spacial score (nSPS) is 14.9. The van der Waals surface area contributed by atoms with Gasteiger partial charge in [0.05, 0.1) is 7.18 Å². The Hall–Kier alpha value is -0.930. The first kappa shape index (κ1) is 21.4. The fourth-order valence-electron chi connectivity index (χ4n) is 2.15. The lowest BCUT2D eigenvalue weighted by molar-refractivity contribution is 0.399. The number of halogens is 1. The molecule has 1 aromatic carbocycles. The molecule has 2 N–H and O–H groups in total. The molecule has 0 aromatic heterocycles. The van der Waals surface area contributed by atoms with Crippen LogP contribution in [0.5, 0.6) is 0 Å². The van der Waals surface area contributed by atoms with Crippen molar-refractivity contribution >= 4 is 0 Å². The van der Waals surface area contributed by atoms with Gasteiger partial charge in [0.2, 0.25) is 0 Å². The molecule has 0 radical (unpaired) electrons. The molecular weight excluding hydrogens is 253 g/mol. The van der Waals surface area contributed by atoms with Gasteiger partial charge in [0, 0.05) is 13.2 Å². The maximum atomic E-state index is 9.50. The first-order valence-electron chi connectivity index (χ1n) is 7.41. The van der Waals surface area contributed by atoms with Crippen LogP contribution in [0.1, 0.15) is 51.3 Å². The minimum Gasteiger partial charge on any atom is -0.400 e. The van der Waals surface area contributed by atoms with Crippen LogP contribution in [0.15, 0.2) is 24.3 Å². The summed E-state index contributed by atoms with van der Waals surface area (Å²) >= 11 is 0. The molecule has 0 saturated heterocycles. The zero-order valence-corrected chi connectivity index (χ0v) is 13.9. The zero-order chi connectivity index (χ0) is 16.0. The third-order valence-electron chi connectivity index (χ3n) is 2.91. The van der Waals surface area contributed by atoms with Crippen LogP contribution in [-0.2, 0) is 6.42 Å². The van der Waals surface area contributed by atoms with E-state index in [1.807, 2.05) is 13.8 Å². The van der Waals surface area contributed by atoms with Crippen molar-refractivity contribution in [2.45, 2.75) is 46.6 Å². The molecule has 0 amide bonds. The Labute approximate surface area is 124 Å². The number of nitrogens with one attached hydrogen (secondary N) is 1. The number of aryl methyl sites for hydroxylation is 1. The Bertz CT molecular complexity index is 316. The highest BCUT2D eigenvalue weighted by Gasteiger charge is 2.20. The molecule has 0 aliphatic heterocycles. The van der Waals surface area contributed by atoms with E-state index in [-0.39, 0.29) is 0 Å².